The van der Waals surface area contributed by atoms with Crippen LogP contribution in [-0.2, 0) is 4.74 Å². The zero-order chi connectivity index (χ0) is 17.5. The molecular formula is C18H30N2O3. The van der Waals surface area contributed by atoms with E-state index in [0.717, 1.165) is 18.4 Å². The molecule has 5 heteroatoms. The fourth-order valence-electron chi connectivity index (χ4n) is 2.36. The lowest BCUT2D eigenvalue weighted by Gasteiger charge is -2.25. The van der Waals surface area contributed by atoms with Crippen LogP contribution in [0.2, 0.25) is 0 Å². The zero-order valence-electron chi connectivity index (χ0n) is 14.8. The van der Waals surface area contributed by atoms with Crippen LogP contribution in [0.1, 0.15) is 59.1 Å². The van der Waals surface area contributed by atoms with E-state index in [1.165, 1.54) is 0 Å². The van der Waals surface area contributed by atoms with Crippen molar-refractivity contribution < 1.29 is 14.6 Å². The number of alkyl carbamates (subject to hydrolysis) is 1. The third-order valence-corrected chi connectivity index (χ3v) is 3.38. The molecule has 0 saturated heterocycles. The van der Waals surface area contributed by atoms with Crippen molar-refractivity contribution in [2.24, 2.45) is 0 Å². The quantitative estimate of drug-likeness (QED) is 0.715. The van der Waals surface area contributed by atoms with Gasteiger partial charge in [-0.1, -0.05) is 25.5 Å². The number of nitrogens with one attached hydrogen (secondary N) is 2. The highest BCUT2D eigenvalue weighted by atomic mass is 16.6. The number of aromatic hydroxyl groups is 1. The monoisotopic (exact) mass is 322 g/mol. The van der Waals surface area contributed by atoms with E-state index in [1.807, 2.05) is 39.8 Å². The molecule has 0 saturated carbocycles. The molecule has 3 N–H and O–H groups in total. The van der Waals surface area contributed by atoms with Crippen LogP contribution in [0.25, 0.3) is 0 Å². The van der Waals surface area contributed by atoms with Crippen molar-refractivity contribution in [2.75, 3.05) is 6.54 Å². The number of hydrogen-bond donors (Lipinski definition) is 3. The Morgan fingerprint density at radius 1 is 1.35 bits per heavy atom. The van der Waals surface area contributed by atoms with Gasteiger partial charge >= 0.3 is 6.09 Å². The van der Waals surface area contributed by atoms with Crippen LogP contribution in [0, 0.1) is 0 Å². The lowest BCUT2D eigenvalue weighted by atomic mass is 10.1. The van der Waals surface area contributed by atoms with E-state index in [1.54, 1.807) is 12.1 Å². The normalized spacial score (nSPS) is 14.1. The molecule has 2 unspecified atom stereocenters. The van der Waals surface area contributed by atoms with Crippen molar-refractivity contribution in [2.45, 2.75) is 65.1 Å². The van der Waals surface area contributed by atoms with Gasteiger partial charge in [-0.3, -0.25) is 0 Å². The molecule has 0 fully saturated rings. The Morgan fingerprint density at radius 2 is 2.04 bits per heavy atom. The first-order valence-corrected chi connectivity index (χ1v) is 8.23. The van der Waals surface area contributed by atoms with Gasteiger partial charge in [-0.15, -0.1) is 0 Å². The molecule has 0 aliphatic rings. The summed E-state index contributed by atoms with van der Waals surface area (Å²) in [4.78, 5) is 11.8. The average molecular weight is 322 g/mol. The van der Waals surface area contributed by atoms with Gasteiger partial charge in [0.1, 0.15) is 11.4 Å². The van der Waals surface area contributed by atoms with Crippen LogP contribution >= 0.6 is 0 Å². The molecule has 1 aromatic rings. The lowest BCUT2D eigenvalue weighted by molar-refractivity contribution is 0.0521. The summed E-state index contributed by atoms with van der Waals surface area (Å²) in [6, 6.07) is 7.44. The third-order valence-electron chi connectivity index (χ3n) is 3.38. The van der Waals surface area contributed by atoms with E-state index in [9.17, 15) is 9.90 Å². The van der Waals surface area contributed by atoms with Crippen molar-refractivity contribution in [3.63, 3.8) is 0 Å². The van der Waals surface area contributed by atoms with E-state index >= 15 is 0 Å². The minimum atomic E-state index is -0.493. The fourth-order valence-corrected chi connectivity index (χ4v) is 2.36. The smallest absolute Gasteiger partial charge is 0.407 e. The average Bonchev–Trinajstić information content (AvgIpc) is 2.43. The largest absolute Gasteiger partial charge is 0.508 e. The first-order chi connectivity index (χ1) is 10.7. The summed E-state index contributed by atoms with van der Waals surface area (Å²) in [6.45, 7) is 10.2. The van der Waals surface area contributed by atoms with Crippen molar-refractivity contribution in [1.29, 1.82) is 0 Å². The highest BCUT2D eigenvalue weighted by molar-refractivity contribution is 5.67. The van der Waals surface area contributed by atoms with Crippen molar-refractivity contribution in [3.8, 4) is 5.75 Å². The van der Waals surface area contributed by atoms with Gasteiger partial charge in [-0.2, -0.15) is 0 Å². The number of phenolic OH excluding ortho intramolecular Hbond substituents is 1. The zero-order valence-corrected chi connectivity index (χ0v) is 14.8. The number of carbonyl (C=O) groups is 1. The SMILES string of the molecule is CCCC(CNC(=O)OC(C)(C)C)NC(C)c1cccc(O)c1. The first kappa shape index (κ1) is 19.3. The van der Waals surface area contributed by atoms with Gasteiger partial charge in [-0.05, 0) is 51.8 Å². The van der Waals surface area contributed by atoms with E-state index in [4.69, 9.17) is 4.74 Å². The topological polar surface area (TPSA) is 70.6 Å². The Bertz CT molecular complexity index is 497. The molecule has 2 atom stereocenters. The molecule has 1 rings (SSSR count). The molecule has 1 aromatic carbocycles. The van der Waals surface area contributed by atoms with Gasteiger partial charge in [0.25, 0.3) is 0 Å². The predicted octanol–water partition coefficient (Wildman–Crippen LogP) is 3.74. The summed E-state index contributed by atoms with van der Waals surface area (Å²) in [5.41, 5.74) is 0.524. The molecule has 23 heavy (non-hydrogen) atoms. The summed E-state index contributed by atoms with van der Waals surface area (Å²) in [5.74, 6) is 0.259. The van der Waals surface area contributed by atoms with Crippen molar-refractivity contribution in [3.05, 3.63) is 29.8 Å². The first-order valence-electron chi connectivity index (χ1n) is 8.23. The number of rotatable bonds is 7. The van der Waals surface area contributed by atoms with Crippen molar-refractivity contribution >= 4 is 6.09 Å². The summed E-state index contributed by atoms with van der Waals surface area (Å²) < 4.78 is 5.26. The second-order valence-electron chi connectivity index (χ2n) is 6.85. The van der Waals surface area contributed by atoms with E-state index < -0.39 is 11.7 Å². The predicted molar refractivity (Wildman–Crippen MR) is 92.6 cm³/mol. The second-order valence-corrected chi connectivity index (χ2v) is 6.85. The minimum absolute atomic E-state index is 0.0825. The van der Waals surface area contributed by atoms with Crippen LogP contribution in [-0.4, -0.2) is 29.4 Å². The molecular weight excluding hydrogens is 292 g/mol. The van der Waals surface area contributed by atoms with Crippen LogP contribution in [0.5, 0.6) is 5.75 Å². The third kappa shape index (κ3) is 7.88. The maximum absolute atomic E-state index is 11.8. The van der Waals surface area contributed by atoms with Gasteiger partial charge in [0.05, 0.1) is 0 Å². The Hall–Kier alpha value is -1.75. The summed E-state index contributed by atoms with van der Waals surface area (Å²) >= 11 is 0. The summed E-state index contributed by atoms with van der Waals surface area (Å²) in [5, 5.41) is 15.9. The maximum Gasteiger partial charge on any atom is 0.407 e. The Morgan fingerprint density at radius 3 is 2.61 bits per heavy atom. The molecule has 0 radical (unpaired) electrons. The van der Waals surface area contributed by atoms with E-state index in [0.29, 0.717) is 6.54 Å². The molecule has 0 aliphatic carbocycles. The minimum Gasteiger partial charge on any atom is -0.508 e. The molecule has 0 aliphatic heterocycles. The number of hydrogen-bond acceptors (Lipinski definition) is 4. The van der Waals surface area contributed by atoms with Gasteiger partial charge in [0.2, 0.25) is 0 Å². The molecule has 5 nitrogen and oxygen atoms in total. The van der Waals surface area contributed by atoms with Gasteiger partial charge in [-0.25, -0.2) is 4.79 Å². The fraction of sp³-hybridized carbons (Fsp3) is 0.611. The van der Waals surface area contributed by atoms with E-state index in [-0.39, 0.29) is 17.8 Å². The van der Waals surface area contributed by atoms with Crippen LogP contribution in [0.4, 0.5) is 4.79 Å². The highest BCUT2D eigenvalue weighted by Gasteiger charge is 2.18. The summed E-state index contributed by atoms with van der Waals surface area (Å²) in [6.07, 6.45) is 1.56. The molecule has 0 bridgehead atoms. The van der Waals surface area contributed by atoms with Crippen LogP contribution in [0.15, 0.2) is 24.3 Å². The Balaban J connectivity index is 2.56. The molecule has 0 heterocycles. The standard InChI is InChI=1S/C18H30N2O3/c1-6-8-15(12-19-17(22)23-18(3,4)5)20-13(2)14-9-7-10-16(21)11-14/h7,9-11,13,15,20-21H,6,8,12H2,1-5H3,(H,19,22). The lowest BCUT2D eigenvalue weighted by Crippen LogP contribution is -2.43. The molecule has 0 spiro atoms. The number of amides is 1. The Kier molecular flexibility index (Phi) is 7.36. The van der Waals surface area contributed by atoms with Crippen LogP contribution in [0.3, 0.4) is 0 Å². The number of phenols is 1. The highest BCUT2D eigenvalue weighted by Crippen LogP contribution is 2.18. The molecule has 1 amide bonds. The Labute approximate surface area is 139 Å². The summed E-state index contributed by atoms with van der Waals surface area (Å²) in [7, 11) is 0. The van der Waals surface area contributed by atoms with Crippen molar-refractivity contribution in [1.82, 2.24) is 10.6 Å². The van der Waals surface area contributed by atoms with Crippen LogP contribution < -0.4 is 10.6 Å². The second kappa shape index (κ2) is 8.77. The number of carbonyl (C=O) groups excluding carboxylic acids is 1. The maximum atomic E-state index is 11.8. The van der Waals surface area contributed by atoms with Gasteiger partial charge < -0.3 is 20.5 Å². The van der Waals surface area contributed by atoms with E-state index in [2.05, 4.69) is 17.6 Å². The van der Waals surface area contributed by atoms with Gasteiger partial charge in [0.15, 0.2) is 0 Å². The molecule has 0 aromatic heterocycles. The molecule has 130 valence electrons. The number of benzene rings is 1. The number of ether oxygens (including phenoxy) is 1. The van der Waals surface area contributed by atoms with Gasteiger partial charge in [0, 0.05) is 18.6 Å².